The summed E-state index contributed by atoms with van der Waals surface area (Å²) in [4.78, 5) is 17.1. The summed E-state index contributed by atoms with van der Waals surface area (Å²) < 4.78 is 1.83. The molecule has 0 aliphatic carbocycles. The van der Waals surface area contributed by atoms with Crippen molar-refractivity contribution in [3.8, 4) is 6.07 Å². The Morgan fingerprint density at radius 2 is 2.08 bits per heavy atom. The molecule has 6 nitrogen and oxygen atoms in total. The number of aryl methyl sites for hydroxylation is 2. The number of benzene rings is 1. The normalized spacial score (nSPS) is 10.4. The first-order chi connectivity index (χ1) is 11.6. The molecule has 1 N–H and O–H groups in total. The van der Waals surface area contributed by atoms with Gasteiger partial charge in [-0.25, -0.2) is 5.48 Å². The second kappa shape index (κ2) is 8.85. The second-order valence-corrected chi connectivity index (χ2v) is 5.58. The van der Waals surface area contributed by atoms with E-state index in [1.807, 2.05) is 48.9 Å². The van der Waals surface area contributed by atoms with Crippen molar-refractivity contribution >= 4 is 5.91 Å². The molecule has 6 heteroatoms. The zero-order valence-corrected chi connectivity index (χ0v) is 14.1. The molecule has 0 radical (unpaired) electrons. The van der Waals surface area contributed by atoms with Crippen LogP contribution in [0.5, 0.6) is 0 Å². The van der Waals surface area contributed by atoms with Crippen LogP contribution in [0.1, 0.15) is 35.4 Å². The topological polar surface area (TPSA) is 79.9 Å². The van der Waals surface area contributed by atoms with E-state index in [1.165, 1.54) is 0 Å². The first-order valence-corrected chi connectivity index (χ1v) is 7.96. The molecule has 0 aliphatic rings. The van der Waals surface area contributed by atoms with Crippen LogP contribution in [0.15, 0.2) is 30.3 Å². The summed E-state index contributed by atoms with van der Waals surface area (Å²) in [6.45, 7) is 4.82. The Morgan fingerprint density at radius 1 is 1.33 bits per heavy atom. The molecule has 0 aliphatic heterocycles. The van der Waals surface area contributed by atoms with E-state index in [9.17, 15) is 4.79 Å². The van der Waals surface area contributed by atoms with Crippen molar-refractivity contribution < 1.29 is 9.63 Å². The lowest BCUT2D eigenvalue weighted by molar-refractivity contribution is -0.134. The van der Waals surface area contributed by atoms with Gasteiger partial charge < -0.3 is 0 Å². The van der Waals surface area contributed by atoms with Gasteiger partial charge in [0.05, 0.1) is 31.3 Å². The summed E-state index contributed by atoms with van der Waals surface area (Å²) >= 11 is 0. The quantitative estimate of drug-likeness (QED) is 0.756. The Bertz CT molecular complexity index is 717. The summed E-state index contributed by atoms with van der Waals surface area (Å²) in [7, 11) is 0. The lowest BCUT2D eigenvalue weighted by Gasteiger charge is -2.07. The molecule has 0 atom stereocenters. The van der Waals surface area contributed by atoms with Crippen LogP contribution in [0, 0.1) is 25.2 Å². The molecule has 0 fully saturated rings. The largest absolute Gasteiger partial charge is 0.273 e. The lowest BCUT2D eigenvalue weighted by atomic mass is 10.1. The smallest absolute Gasteiger partial charge is 0.243 e. The van der Waals surface area contributed by atoms with E-state index in [0.717, 1.165) is 22.5 Å². The van der Waals surface area contributed by atoms with Crippen LogP contribution < -0.4 is 5.48 Å². The monoisotopic (exact) mass is 326 g/mol. The highest BCUT2D eigenvalue weighted by molar-refractivity contribution is 5.75. The number of rotatable bonds is 8. The first kappa shape index (κ1) is 17.7. The number of hydrogen-bond donors (Lipinski definition) is 1. The van der Waals surface area contributed by atoms with Gasteiger partial charge in [0.1, 0.15) is 0 Å². The van der Waals surface area contributed by atoms with Gasteiger partial charge in [0.25, 0.3) is 0 Å². The van der Waals surface area contributed by atoms with Gasteiger partial charge >= 0.3 is 0 Å². The van der Waals surface area contributed by atoms with Crippen LogP contribution >= 0.6 is 0 Å². The van der Waals surface area contributed by atoms with E-state index in [1.54, 1.807) is 0 Å². The minimum Gasteiger partial charge on any atom is -0.273 e. The van der Waals surface area contributed by atoms with E-state index in [0.29, 0.717) is 32.4 Å². The minimum atomic E-state index is -0.158. The number of amides is 1. The molecular weight excluding hydrogens is 304 g/mol. The highest BCUT2D eigenvalue weighted by atomic mass is 16.6. The zero-order valence-electron chi connectivity index (χ0n) is 14.1. The van der Waals surface area contributed by atoms with Crippen molar-refractivity contribution in [2.45, 2.75) is 46.3 Å². The van der Waals surface area contributed by atoms with Gasteiger partial charge in [-0.1, -0.05) is 30.3 Å². The van der Waals surface area contributed by atoms with E-state index >= 15 is 0 Å². The molecule has 24 heavy (non-hydrogen) atoms. The summed E-state index contributed by atoms with van der Waals surface area (Å²) in [5.41, 5.74) is 6.46. The Kier molecular flexibility index (Phi) is 6.52. The third-order valence-corrected chi connectivity index (χ3v) is 3.84. The highest BCUT2D eigenvalue weighted by Crippen LogP contribution is 2.15. The van der Waals surface area contributed by atoms with Crippen molar-refractivity contribution in [3.63, 3.8) is 0 Å². The van der Waals surface area contributed by atoms with Gasteiger partial charge in [-0.05, 0) is 31.4 Å². The minimum absolute atomic E-state index is 0.158. The van der Waals surface area contributed by atoms with E-state index in [4.69, 9.17) is 10.1 Å². The average molecular weight is 326 g/mol. The van der Waals surface area contributed by atoms with Gasteiger partial charge in [0, 0.05) is 12.1 Å². The standard InChI is InChI=1S/C18H22N4O2/c1-14-17(15(2)22(20-14)12-6-11-19)9-10-18(23)21-24-13-16-7-4-3-5-8-16/h3-5,7-8H,6,9-10,12-13H2,1-2H3,(H,21,23). The number of carbonyl (C=O) groups is 1. The predicted molar refractivity (Wildman–Crippen MR) is 89.6 cm³/mol. The van der Waals surface area contributed by atoms with Crippen LogP contribution in [0.3, 0.4) is 0 Å². The molecule has 0 bridgehead atoms. The molecular formula is C18H22N4O2. The number of aromatic nitrogens is 2. The maximum absolute atomic E-state index is 11.9. The summed E-state index contributed by atoms with van der Waals surface area (Å²) in [5, 5.41) is 13.1. The Balaban J connectivity index is 1.79. The van der Waals surface area contributed by atoms with Gasteiger partial charge in [0.2, 0.25) is 5.91 Å². The average Bonchev–Trinajstić information content (AvgIpc) is 2.85. The number of hydroxylamine groups is 1. The fraction of sp³-hybridized carbons (Fsp3) is 0.389. The highest BCUT2D eigenvalue weighted by Gasteiger charge is 2.13. The summed E-state index contributed by atoms with van der Waals surface area (Å²) in [6.07, 6.45) is 1.36. The third-order valence-electron chi connectivity index (χ3n) is 3.84. The molecule has 1 aromatic carbocycles. The maximum atomic E-state index is 11.9. The van der Waals surface area contributed by atoms with Crippen LogP contribution in [0.25, 0.3) is 0 Å². The summed E-state index contributed by atoms with van der Waals surface area (Å²) in [5.74, 6) is -0.158. The van der Waals surface area contributed by atoms with Crippen molar-refractivity contribution in [2.75, 3.05) is 0 Å². The van der Waals surface area contributed by atoms with Crippen LogP contribution in [-0.2, 0) is 29.2 Å². The zero-order chi connectivity index (χ0) is 17.4. The molecule has 1 amide bonds. The molecule has 2 aromatic rings. The molecule has 126 valence electrons. The second-order valence-electron chi connectivity index (χ2n) is 5.58. The SMILES string of the molecule is Cc1nn(CCC#N)c(C)c1CCC(=O)NOCc1ccccc1. The van der Waals surface area contributed by atoms with Crippen molar-refractivity contribution in [2.24, 2.45) is 0 Å². The van der Waals surface area contributed by atoms with Crippen LogP contribution in [0.4, 0.5) is 0 Å². The van der Waals surface area contributed by atoms with Gasteiger partial charge in [0.15, 0.2) is 0 Å². The maximum Gasteiger partial charge on any atom is 0.243 e. The van der Waals surface area contributed by atoms with Crippen molar-refractivity contribution in [1.29, 1.82) is 5.26 Å². The number of nitrogens with zero attached hydrogens (tertiary/aromatic N) is 3. The first-order valence-electron chi connectivity index (χ1n) is 7.96. The molecule has 0 spiro atoms. The lowest BCUT2D eigenvalue weighted by Crippen LogP contribution is -2.23. The summed E-state index contributed by atoms with van der Waals surface area (Å²) in [6, 6.07) is 11.8. The Morgan fingerprint density at radius 3 is 2.79 bits per heavy atom. The number of hydrogen-bond acceptors (Lipinski definition) is 4. The molecule has 0 unspecified atom stereocenters. The molecule has 1 aromatic heterocycles. The van der Waals surface area contributed by atoms with Crippen LogP contribution in [-0.4, -0.2) is 15.7 Å². The number of carbonyl (C=O) groups excluding carboxylic acids is 1. The van der Waals surface area contributed by atoms with Crippen molar-refractivity contribution in [3.05, 3.63) is 52.8 Å². The predicted octanol–water partition coefficient (Wildman–Crippen LogP) is 2.59. The van der Waals surface area contributed by atoms with E-state index in [2.05, 4.69) is 16.6 Å². The molecule has 0 saturated carbocycles. The number of nitrogens with one attached hydrogen (secondary N) is 1. The Labute approximate surface area is 142 Å². The van der Waals surface area contributed by atoms with E-state index < -0.39 is 0 Å². The van der Waals surface area contributed by atoms with Gasteiger partial charge in [-0.2, -0.15) is 10.4 Å². The Hall–Kier alpha value is -2.65. The van der Waals surface area contributed by atoms with Gasteiger partial charge in [-0.3, -0.25) is 14.3 Å². The molecule has 1 heterocycles. The molecule has 2 rings (SSSR count). The van der Waals surface area contributed by atoms with Gasteiger partial charge in [-0.15, -0.1) is 0 Å². The fourth-order valence-corrected chi connectivity index (χ4v) is 2.53. The van der Waals surface area contributed by atoms with Crippen molar-refractivity contribution in [1.82, 2.24) is 15.3 Å². The van der Waals surface area contributed by atoms with Crippen LogP contribution in [0.2, 0.25) is 0 Å². The molecule has 0 saturated heterocycles. The third kappa shape index (κ3) is 4.93. The number of nitriles is 1. The van der Waals surface area contributed by atoms with E-state index in [-0.39, 0.29) is 5.91 Å². The fourth-order valence-electron chi connectivity index (χ4n) is 2.53.